The quantitative estimate of drug-likeness (QED) is 0.596. The van der Waals surface area contributed by atoms with Crippen molar-refractivity contribution in [1.82, 2.24) is 15.1 Å². The lowest BCUT2D eigenvalue weighted by atomic mass is 9.97. The van der Waals surface area contributed by atoms with Crippen LogP contribution in [0.1, 0.15) is 12.8 Å². The number of likely N-dealkylation sites (tertiary alicyclic amines) is 1. The van der Waals surface area contributed by atoms with Crippen LogP contribution in [0.3, 0.4) is 0 Å². The standard InChI is InChI=1S/C18H16ClF5N4O4S/c19-14-2-1-13(32-18(22,23)24)9-15(14)33(30,31)17(20,21)11-4-7-28(8-5-11)16(29)27-12-3-6-25-26-10-12/h1-3,6,9-11H,4-5,7-8H2,(H,25,27,29). The summed E-state index contributed by atoms with van der Waals surface area (Å²) in [5.74, 6) is -2.70. The van der Waals surface area contributed by atoms with Crippen molar-refractivity contribution < 1.29 is 39.9 Å². The highest BCUT2D eigenvalue weighted by Gasteiger charge is 2.54. The van der Waals surface area contributed by atoms with Gasteiger partial charge in [-0.3, -0.25) is 0 Å². The zero-order valence-corrected chi connectivity index (χ0v) is 18.1. The summed E-state index contributed by atoms with van der Waals surface area (Å²) in [5.41, 5.74) is 0.334. The van der Waals surface area contributed by atoms with Crippen molar-refractivity contribution in [3.05, 3.63) is 41.7 Å². The molecule has 1 aliphatic rings. The molecule has 2 aromatic rings. The minimum Gasteiger partial charge on any atom is -0.406 e. The molecule has 33 heavy (non-hydrogen) atoms. The van der Waals surface area contributed by atoms with Gasteiger partial charge in [-0.1, -0.05) is 11.6 Å². The topological polar surface area (TPSA) is 101 Å². The number of nitrogens with one attached hydrogen (secondary N) is 1. The van der Waals surface area contributed by atoms with E-state index in [1.807, 2.05) is 0 Å². The first-order chi connectivity index (χ1) is 15.3. The predicted molar refractivity (Wildman–Crippen MR) is 106 cm³/mol. The fraction of sp³-hybridized carbons (Fsp3) is 0.389. The highest BCUT2D eigenvalue weighted by Crippen LogP contribution is 2.43. The summed E-state index contributed by atoms with van der Waals surface area (Å²) in [4.78, 5) is 12.3. The normalized spacial score (nSPS) is 15.9. The number of anilines is 1. The van der Waals surface area contributed by atoms with Crippen molar-refractivity contribution in [2.24, 2.45) is 5.92 Å². The van der Waals surface area contributed by atoms with E-state index in [0.717, 1.165) is 6.07 Å². The number of alkyl halides is 5. The van der Waals surface area contributed by atoms with Crippen LogP contribution in [0.5, 0.6) is 5.75 Å². The van der Waals surface area contributed by atoms with Gasteiger partial charge in [0.25, 0.3) is 0 Å². The molecule has 3 rings (SSSR count). The van der Waals surface area contributed by atoms with Crippen LogP contribution in [-0.2, 0) is 9.84 Å². The Kier molecular flexibility index (Phi) is 6.98. The number of hydrogen-bond donors (Lipinski definition) is 1. The van der Waals surface area contributed by atoms with Crippen LogP contribution in [0.15, 0.2) is 41.6 Å². The van der Waals surface area contributed by atoms with E-state index in [1.165, 1.54) is 23.4 Å². The molecule has 1 aromatic heterocycles. The number of piperidine rings is 1. The number of amides is 2. The van der Waals surface area contributed by atoms with Gasteiger partial charge in [0.2, 0.25) is 9.84 Å². The summed E-state index contributed by atoms with van der Waals surface area (Å²) < 4.78 is 96.4. The Morgan fingerprint density at radius 1 is 1.12 bits per heavy atom. The molecule has 1 saturated heterocycles. The summed E-state index contributed by atoms with van der Waals surface area (Å²) in [5, 5.41) is 4.61. The fourth-order valence-corrected chi connectivity index (χ4v) is 5.22. The SMILES string of the molecule is O=C(Nc1ccnnc1)N1CCC(C(F)(F)S(=O)(=O)c2cc(OC(F)(F)F)ccc2Cl)CC1. The van der Waals surface area contributed by atoms with E-state index in [2.05, 4.69) is 20.3 Å². The molecule has 0 radical (unpaired) electrons. The van der Waals surface area contributed by atoms with Crippen LogP contribution in [-0.4, -0.2) is 54.3 Å². The molecule has 0 unspecified atom stereocenters. The number of benzene rings is 1. The zero-order chi connectivity index (χ0) is 24.4. The van der Waals surface area contributed by atoms with Crippen molar-refractivity contribution >= 4 is 33.2 Å². The number of aromatic nitrogens is 2. The number of carbonyl (C=O) groups excluding carboxylic acids is 1. The number of urea groups is 1. The highest BCUT2D eigenvalue weighted by molar-refractivity contribution is 7.92. The Bertz CT molecular complexity index is 1110. The smallest absolute Gasteiger partial charge is 0.406 e. The molecule has 1 aliphatic heterocycles. The Morgan fingerprint density at radius 2 is 1.79 bits per heavy atom. The van der Waals surface area contributed by atoms with Crippen molar-refractivity contribution in [3.8, 4) is 5.75 Å². The molecule has 180 valence electrons. The Morgan fingerprint density at radius 3 is 2.36 bits per heavy atom. The summed E-state index contributed by atoms with van der Waals surface area (Å²) in [6.45, 7) is -0.351. The molecule has 1 N–H and O–H groups in total. The van der Waals surface area contributed by atoms with Gasteiger partial charge in [0, 0.05) is 25.1 Å². The fourth-order valence-electron chi connectivity index (χ4n) is 3.24. The van der Waals surface area contributed by atoms with E-state index >= 15 is 8.78 Å². The minimum atomic E-state index is -5.48. The van der Waals surface area contributed by atoms with Gasteiger partial charge in [0.15, 0.2) is 0 Å². The lowest BCUT2D eigenvalue weighted by Gasteiger charge is -2.35. The van der Waals surface area contributed by atoms with Crippen molar-refractivity contribution in [2.45, 2.75) is 29.4 Å². The Balaban J connectivity index is 1.73. The van der Waals surface area contributed by atoms with E-state index < -0.39 is 49.1 Å². The first-order valence-corrected chi connectivity index (χ1v) is 11.2. The molecule has 0 spiro atoms. The van der Waals surface area contributed by atoms with E-state index in [0.29, 0.717) is 17.8 Å². The maximum absolute atomic E-state index is 15.1. The summed E-state index contributed by atoms with van der Waals surface area (Å²) in [6.07, 6.45) is -3.27. The van der Waals surface area contributed by atoms with Crippen molar-refractivity contribution in [2.75, 3.05) is 18.4 Å². The van der Waals surface area contributed by atoms with E-state index in [4.69, 9.17) is 11.6 Å². The third-order valence-electron chi connectivity index (χ3n) is 4.88. The number of carbonyl (C=O) groups is 1. The Hall–Kier alpha value is -2.74. The van der Waals surface area contributed by atoms with Gasteiger partial charge in [-0.15, -0.1) is 13.2 Å². The second kappa shape index (κ2) is 9.25. The van der Waals surface area contributed by atoms with Crippen molar-refractivity contribution in [1.29, 1.82) is 0 Å². The second-order valence-electron chi connectivity index (χ2n) is 7.03. The van der Waals surface area contributed by atoms with Crippen molar-refractivity contribution in [3.63, 3.8) is 0 Å². The molecule has 0 atom stereocenters. The van der Waals surface area contributed by atoms with Gasteiger partial charge in [0.1, 0.15) is 5.75 Å². The van der Waals surface area contributed by atoms with E-state index in [9.17, 15) is 26.4 Å². The molecule has 1 aromatic carbocycles. The van der Waals surface area contributed by atoms with Crippen LogP contribution in [0.4, 0.5) is 32.4 Å². The molecule has 0 bridgehead atoms. The molecular formula is C18H16ClF5N4O4S. The number of hydrogen-bond acceptors (Lipinski definition) is 6. The van der Waals surface area contributed by atoms with Crippen LogP contribution in [0.25, 0.3) is 0 Å². The summed E-state index contributed by atoms with van der Waals surface area (Å²) in [7, 11) is -5.48. The van der Waals surface area contributed by atoms with Crippen LogP contribution in [0.2, 0.25) is 5.02 Å². The molecule has 2 amide bonds. The molecule has 8 nitrogen and oxygen atoms in total. The number of ether oxygens (including phenoxy) is 1. The Labute approximate surface area is 189 Å². The third-order valence-corrected chi connectivity index (χ3v) is 7.29. The molecule has 1 fully saturated rings. The number of nitrogens with zero attached hydrogens (tertiary/aromatic N) is 3. The zero-order valence-electron chi connectivity index (χ0n) is 16.5. The highest BCUT2D eigenvalue weighted by atomic mass is 35.5. The van der Waals surface area contributed by atoms with Crippen LogP contribution in [0, 0.1) is 5.92 Å². The minimum absolute atomic E-state index is 0.176. The average molecular weight is 515 g/mol. The lowest BCUT2D eigenvalue weighted by Crippen LogP contribution is -2.47. The van der Waals surface area contributed by atoms with Gasteiger partial charge in [-0.25, -0.2) is 13.2 Å². The molecule has 0 saturated carbocycles. The maximum atomic E-state index is 15.1. The molecule has 0 aliphatic carbocycles. The van der Waals surface area contributed by atoms with Gasteiger partial charge in [-0.2, -0.15) is 19.0 Å². The molecule has 2 heterocycles. The first kappa shape index (κ1) is 24.9. The van der Waals surface area contributed by atoms with Gasteiger partial charge < -0.3 is 15.0 Å². The maximum Gasteiger partial charge on any atom is 0.573 e. The van der Waals surface area contributed by atoms with E-state index in [1.54, 1.807) is 0 Å². The lowest BCUT2D eigenvalue weighted by molar-refractivity contribution is -0.274. The first-order valence-electron chi connectivity index (χ1n) is 9.31. The van der Waals surface area contributed by atoms with E-state index in [-0.39, 0.29) is 25.9 Å². The largest absolute Gasteiger partial charge is 0.573 e. The second-order valence-corrected chi connectivity index (χ2v) is 9.43. The molecular weight excluding hydrogens is 499 g/mol. The van der Waals surface area contributed by atoms with Crippen LogP contribution >= 0.6 is 11.6 Å². The molecule has 15 heteroatoms. The monoisotopic (exact) mass is 514 g/mol. The summed E-state index contributed by atoms with van der Waals surface area (Å²) >= 11 is 5.72. The van der Waals surface area contributed by atoms with Crippen LogP contribution < -0.4 is 10.1 Å². The van der Waals surface area contributed by atoms with Gasteiger partial charge in [-0.05, 0) is 31.0 Å². The average Bonchev–Trinajstić information content (AvgIpc) is 2.74. The van der Waals surface area contributed by atoms with Gasteiger partial charge >= 0.3 is 17.6 Å². The van der Waals surface area contributed by atoms with Gasteiger partial charge in [0.05, 0.1) is 28.0 Å². The summed E-state index contributed by atoms with van der Waals surface area (Å²) in [6, 6.07) is 2.63. The number of sulfone groups is 1. The number of halogens is 6. The number of rotatable bonds is 5. The predicted octanol–water partition coefficient (Wildman–Crippen LogP) is 4.34. The third kappa shape index (κ3) is 5.61.